The van der Waals surface area contributed by atoms with E-state index in [1.165, 1.54) is 12.8 Å². The predicted octanol–water partition coefficient (Wildman–Crippen LogP) is 7.78. The molecule has 0 amide bonds. The number of rotatable bonds is 10. The minimum atomic E-state index is -0.179. The average molecular weight is 411 g/mol. The smallest absolute Gasteiger partial charge is 0.156 e. The zero-order valence-electron chi connectivity index (χ0n) is 19.5. The van der Waals surface area contributed by atoms with Crippen LogP contribution in [0.15, 0.2) is 28.2 Å². The number of halogens is 1. The van der Waals surface area contributed by atoms with Crippen molar-refractivity contribution in [2.75, 3.05) is 6.54 Å². The zero-order valence-corrected chi connectivity index (χ0v) is 19.5. The Bertz CT molecular complexity index is 568. The van der Waals surface area contributed by atoms with Crippen molar-refractivity contribution in [3.63, 3.8) is 0 Å². The summed E-state index contributed by atoms with van der Waals surface area (Å²) >= 11 is 0. The maximum absolute atomic E-state index is 13.8. The summed E-state index contributed by atoms with van der Waals surface area (Å²) in [5, 5.41) is 3.13. The number of allylic oxidation sites excluding steroid dienone is 2. The molecule has 4 heteroatoms. The molecule has 0 aliphatic carbocycles. The van der Waals surface area contributed by atoms with Gasteiger partial charge in [0, 0.05) is 18.5 Å². The molecular formula is C25H47FN2O. The van der Waals surface area contributed by atoms with Crippen molar-refractivity contribution >= 4 is 11.6 Å². The second-order valence-corrected chi connectivity index (χ2v) is 8.62. The molecule has 0 aromatic carbocycles. The number of amidine groups is 1. The molecule has 0 spiro atoms. The molecule has 29 heavy (non-hydrogen) atoms. The van der Waals surface area contributed by atoms with Gasteiger partial charge in [-0.1, -0.05) is 87.7 Å². The number of hydrogen-bond acceptors (Lipinski definition) is 3. The summed E-state index contributed by atoms with van der Waals surface area (Å²) in [5.74, 6) is 1.10. The Balaban J connectivity index is 0. The third-order valence-electron chi connectivity index (χ3n) is 4.68. The van der Waals surface area contributed by atoms with Crippen LogP contribution in [0.1, 0.15) is 108 Å². The maximum atomic E-state index is 13.8. The molecule has 1 aliphatic heterocycles. The van der Waals surface area contributed by atoms with Crippen molar-refractivity contribution in [1.29, 1.82) is 0 Å². The van der Waals surface area contributed by atoms with E-state index in [1.807, 2.05) is 26.8 Å². The van der Waals surface area contributed by atoms with E-state index in [4.69, 9.17) is 0 Å². The SMILES string of the molecule is C.CC.CCCCCC(C)/C(=C\C(=O)CC(C)(C)C)CC1=NCC(F)=C(CC)N1. The molecule has 0 aromatic rings. The van der Waals surface area contributed by atoms with Crippen LogP contribution in [0, 0.1) is 11.3 Å². The van der Waals surface area contributed by atoms with Crippen molar-refractivity contribution in [3.8, 4) is 0 Å². The molecule has 170 valence electrons. The van der Waals surface area contributed by atoms with Gasteiger partial charge in [0.15, 0.2) is 5.78 Å². The molecular weight excluding hydrogens is 363 g/mol. The van der Waals surface area contributed by atoms with Crippen LogP contribution in [0.25, 0.3) is 0 Å². The van der Waals surface area contributed by atoms with Crippen molar-refractivity contribution in [2.24, 2.45) is 16.3 Å². The van der Waals surface area contributed by atoms with Gasteiger partial charge in [0.1, 0.15) is 11.7 Å². The van der Waals surface area contributed by atoms with Crippen LogP contribution < -0.4 is 5.32 Å². The summed E-state index contributed by atoms with van der Waals surface area (Å²) < 4.78 is 13.8. The van der Waals surface area contributed by atoms with Gasteiger partial charge in [-0.25, -0.2) is 4.39 Å². The molecule has 0 aromatic heterocycles. The van der Waals surface area contributed by atoms with E-state index in [-0.39, 0.29) is 31.0 Å². The number of carbonyl (C=O) groups excluding carboxylic acids is 1. The van der Waals surface area contributed by atoms with Crippen molar-refractivity contribution in [1.82, 2.24) is 5.32 Å². The van der Waals surface area contributed by atoms with E-state index in [9.17, 15) is 9.18 Å². The third kappa shape index (κ3) is 12.7. The number of unbranched alkanes of at least 4 members (excludes halogenated alkanes) is 2. The lowest BCUT2D eigenvalue weighted by molar-refractivity contribution is -0.116. The largest absolute Gasteiger partial charge is 0.345 e. The lowest BCUT2D eigenvalue weighted by Gasteiger charge is -2.22. The first-order chi connectivity index (χ1) is 13.2. The molecule has 1 unspecified atom stereocenters. The Kier molecular flexibility index (Phi) is 15.8. The number of nitrogens with one attached hydrogen (secondary N) is 1. The number of carbonyl (C=O) groups is 1. The Labute approximate surface area is 180 Å². The minimum Gasteiger partial charge on any atom is -0.345 e. The van der Waals surface area contributed by atoms with E-state index in [0.29, 0.717) is 30.9 Å². The summed E-state index contributed by atoms with van der Waals surface area (Å²) in [6, 6.07) is 0. The quantitative estimate of drug-likeness (QED) is 0.295. The summed E-state index contributed by atoms with van der Waals surface area (Å²) in [5.41, 5.74) is 1.71. The molecule has 3 nitrogen and oxygen atoms in total. The van der Waals surface area contributed by atoms with Gasteiger partial charge < -0.3 is 5.32 Å². The highest BCUT2D eigenvalue weighted by Gasteiger charge is 2.20. The van der Waals surface area contributed by atoms with Crippen molar-refractivity contribution < 1.29 is 9.18 Å². The van der Waals surface area contributed by atoms with Crippen LogP contribution in [0.5, 0.6) is 0 Å². The number of ketones is 1. The van der Waals surface area contributed by atoms with Crippen LogP contribution in [0.3, 0.4) is 0 Å². The van der Waals surface area contributed by atoms with Crippen molar-refractivity contribution in [3.05, 3.63) is 23.2 Å². The fourth-order valence-corrected chi connectivity index (χ4v) is 3.15. The first kappa shape index (κ1) is 29.7. The molecule has 0 fully saturated rings. The molecule has 1 N–H and O–H groups in total. The van der Waals surface area contributed by atoms with Crippen molar-refractivity contribution in [2.45, 2.75) is 108 Å². The predicted molar refractivity (Wildman–Crippen MR) is 127 cm³/mol. The number of aliphatic imine (C=N–C) groups is 1. The second-order valence-electron chi connectivity index (χ2n) is 8.62. The first-order valence-electron chi connectivity index (χ1n) is 11.1. The first-order valence-corrected chi connectivity index (χ1v) is 11.1. The van der Waals surface area contributed by atoms with Gasteiger partial charge in [0.2, 0.25) is 0 Å². The van der Waals surface area contributed by atoms with Crippen LogP contribution in [-0.2, 0) is 4.79 Å². The van der Waals surface area contributed by atoms with Crippen LogP contribution in [-0.4, -0.2) is 18.2 Å². The van der Waals surface area contributed by atoms with E-state index in [1.54, 1.807) is 0 Å². The van der Waals surface area contributed by atoms with Crippen LogP contribution in [0.2, 0.25) is 0 Å². The highest BCUT2D eigenvalue weighted by Crippen LogP contribution is 2.25. The van der Waals surface area contributed by atoms with Crippen LogP contribution >= 0.6 is 0 Å². The molecule has 1 atom stereocenters. The highest BCUT2D eigenvalue weighted by molar-refractivity contribution is 5.93. The highest BCUT2D eigenvalue weighted by atomic mass is 19.1. The van der Waals surface area contributed by atoms with Gasteiger partial charge in [-0.3, -0.25) is 9.79 Å². The molecule has 1 aliphatic rings. The Morgan fingerprint density at radius 3 is 2.38 bits per heavy atom. The Morgan fingerprint density at radius 1 is 1.24 bits per heavy atom. The van der Waals surface area contributed by atoms with Crippen LogP contribution in [0.4, 0.5) is 4.39 Å². The average Bonchev–Trinajstić information content (AvgIpc) is 2.63. The fraction of sp³-hybridized carbons (Fsp3) is 0.760. The lowest BCUT2D eigenvalue weighted by atomic mass is 9.86. The monoisotopic (exact) mass is 410 g/mol. The molecule has 0 radical (unpaired) electrons. The van der Waals surface area contributed by atoms with Gasteiger partial charge in [0.25, 0.3) is 0 Å². The number of hydrogen-bond donors (Lipinski definition) is 1. The topological polar surface area (TPSA) is 41.5 Å². The minimum absolute atomic E-state index is 0. The van der Waals surface area contributed by atoms with E-state index < -0.39 is 0 Å². The number of nitrogens with zero attached hydrogens (tertiary/aromatic N) is 1. The fourth-order valence-electron chi connectivity index (χ4n) is 3.15. The Morgan fingerprint density at radius 2 is 1.86 bits per heavy atom. The summed E-state index contributed by atoms with van der Waals surface area (Å²) in [6.07, 6.45) is 8.21. The van der Waals surface area contributed by atoms with E-state index >= 15 is 0 Å². The van der Waals surface area contributed by atoms with Gasteiger partial charge in [-0.2, -0.15) is 0 Å². The van der Waals surface area contributed by atoms with E-state index in [0.717, 1.165) is 24.3 Å². The molecule has 0 saturated carbocycles. The van der Waals surface area contributed by atoms with E-state index in [2.05, 4.69) is 44.9 Å². The summed E-state index contributed by atoms with van der Waals surface area (Å²) in [4.78, 5) is 16.8. The third-order valence-corrected chi connectivity index (χ3v) is 4.68. The van der Waals surface area contributed by atoms with Gasteiger partial charge in [0.05, 0.1) is 6.54 Å². The molecule has 1 rings (SSSR count). The zero-order chi connectivity index (χ0) is 21.7. The summed E-state index contributed by atoms with van der Waals surface area (Å²) in [6.45, 7) is 16.7. The van der Waals surface area contributed by atoms with Gasteiger partial charge in [-0.15, -0.1) is 0 Å². The Hall–Kier alpha value is -1.45. The van der Waals surface area contributed by atoms with Gasteiger partial charge in [-0.05, 0) is 30.3 Å². The molecule has 0 bridgehead atoms. The lowest BCUT2D eigenvalue weighted by Crippen LogP contribution is -2.29. The maximum Gasteiger partial charge on any atom is 0.156 e. The summed E-state index contributed by atoms with van der Waals surface area (Å²) in [7, 11) is 0. The molecule has 1 heterocycles. The second kappa shape index (κ2) is 15.4. The van der Waals surface area contributed by atoms with Gasteiger partial charge >= 0.3 is 0 Å². The normalized spacial score (nSPS) is 15.5. The molecule has 0 saturated heterocycles. The standard InChI is InChI=1S/C22H37FN2O.C2H6.CH4/c1-7-9-10-11-16(3)17(12-18(26)14-22(4,5)6)13-21-24-15-19(23)20(8-2)25-21;1-2;/h12,16H,7-11,13-15H2,1-6H3,(H,24,25);1-2H3;1H4/b17-12-;;.